The number of halogens is 1. The Balaban J connectivity index is 2.62. The highest BCUT2D eigenvalue weighted by Crippen LogP contribution is 2.24. The van der Waals surface area contributed by atoms with Gasteiger partial charge < -0.3 is 10.1 Å². The van der Waals surface area contributed by atoms with Crippen LogP contribution in [-0.2, 0) is 6.42 Å². The topological polar surface area (TPSA) is 21.3 Å². The van der Waals surface area contributed by atoms with E-state index in [1.54, 1.807) is 7.11 Å². The first-order valence-corrected chi connectivity index (χ1v) is 7.93. The van der Waals surface area contributed by atoms with E-state index < -0.39 is 0 Å². The Bertz CT molecular complexity index is 379. The summed E-state index contributed by atoms with van der Waals surface area (Å²) in [6.07, 6.45) is 3.41. The molecule has 0 aromatic heterocycles. The Morgan fingerprint density at radius 2 is 2.05 bits per heavy atom. The van der Waals surface area contributed by atoms with Crippen molar-refractivity contribution in [1.29, 1.82) is 0 Å². The van der Waals surface area contributed by atoms with Crippen LogP contribution in [0.4, 0.5) is 0 Å². The third-order valence-corrected chi connectivity index (χ3v) is 4.21. The van der Waals surface area contributed by atoms with Gasteiger partial charge in [-0.05, 0) is 55.5 Å². The summed E-state index contributed by atoms with van der Waals surface area (Å²) in [4.78, 5) is 0. The van der Waals surface area contributed by atoms with Crippen LogP contribution in [0, 0.1) is 5.92 Å². The molecule has 0 aliphatic carbocycles. The van der Waals surface area contributed by atoms with E-state index in [2.05, 4.69) is 54.2 Å². The van der Waals surface area contributed by atoms with Crippen LogP contribution >= 0.6 is 15.9 Å². The Morgan fingerprint density at radius 1 is 1.32 bits per heavy atom. The lowest BCUT2D eigenvalue weighted by Crippen LogP contribution is -2.34. The molecule has 0 amide bonds. The molecule has 1 unspecified atom stereocenters. The zero-order valence-corrected chi connectivity index (χ0v) is 14.1. The van der Waals surface area contributed by atoms with Gasteiger partial charge in [-0.1, -0.05) is 36.7 Å². The van der Waals surface area contributed by atoms with E-state index in [0.717, 1.165) is 25.1 Å². The van der Waals surface area contributed by atoms with Gasteiger partial charge in [-0.2, -0.15) is 0 Å². The molecule has 19 heavy (non-hydrogen) atoms. The minimum atomic E-state index is 0.582. The molecule has 0 bridgehead atoms. The molecule has 1 rings (SSSR count). The lowest BCUT2D eigenvalue weighted by Gasteiger charge is -2.22. The lowest BCUT2D eigenvalue weighted by atomic mass is 9.96. The number of aryl methyl sites for hydroxylation is 1. The van der Waals surface area contributed by atoms with Crippen molar-refractivity contribution in [2.75, 3.05) is 13.7 Å². The predicted molar refractivity (Wildman–Crippen MR) is 85.9 cm³/mol. The molecule has 1 N–H and O–H groups in total. The number of methoxy groups -OCH3 is 1. The van der Waals surface area contributed by atoms with Crippen LogP contribution in [0.25, 0.3) is 0 Å². The lowest BCUT2D eigenvalue weighted by molar-refractivity contribution is 0.377. The molecule has 0 spiro atoms. The van der Waals surface area contributed by atoms with Crippen molar-refractivity contribution in [3.63, 3.8) is 0 Å². The van der Waals surface area contributed by atoms with E-state index >= 15 is 0 Å². The summed E-state index contributed by atoms with van der Waals surface area (Å²) in [6.45, 7) is 7.88. The summed E-state index contributed by atoms with van der Waals surface area (Å²) in [7, 11) is 1.72. The number of ether oxygens (including phenoxy) is 1. The molecule has 0 saturated carbocycles. The third-order valence-electron chi connectivity index (χ3n) is 3.44. The van der Waals surface area contributed by atoms with Crippen LogP contribution in [0.1, 0.15) is 39.2 Å². The quantitative estimate of drug-likeness (QED) is 0.763. The monoisotopic (exact) mass is 327 g/mol. The molecule has 1 aromatic rings. The van der Waals surface area contributed by atoms with E-state index in [-0.39, 0.29) is 0 Å². The van der Waals surface area contributed by atoms with Gasteiger partial charge in [-0.25, -0.2) is 0 Å². The summed E-state index contributed by atoms with van der Waals surface area (Å²) in [5.74, 6) is 1.59. The first-order chi connectivity index (χ1) is 9.08. The van der Waals surface area contributed by atoms with Crippen molar-refractivity contribution < 1.29 is 4.74 Å². The first kappa shape index (κ1) is 16.5. The fourth-order valence-corrected chi connectivity index (χ4v) is 2.63. The van der Waals surface area contributed by atoms with Crippen molar-refractivity contribution in [2.24, 2.45) is 5.92 Å². The van der Waals surface area contributed by atoms with Crippen LogP contribution < -0.4 is 10.1 Å². The smallest absolute Gasteiger partial charge is 0.119 e. The molecule has 1 atom stereocenters. The van der Waals surface area contributed by atoms with Gasteiger partial charge in [0.05, 0.1) is 7.11 Å². The van der Waals surface area contributed by atoms with E-state index in [1.807, 2.05) is 6.07 Å². The van der Waals surface area contributed by atoms with E-state index in [0.29, 0.717) is 12.0 Å². The fourth-order valence-electron chi connectivity index (χ4n) is 2.18. The number of benzene rings is 1. The fraction of sp³-hybridized carbons (Fsp3) is 0.625. The number of rotatable bonds is 8. The molecule has 1 aromatic carbocycles. The minimum absolute atomic E-state index is 0.582. The molecule has 0 saturated heterocycles. The molecule has 3 heteroatoms. The average molecular weight is 328 g/mol. The van der Waals surface area contributed by atoms with E-state index in [4.69, 9.17) is 4.74 Å². The summed E-state index contributed by atoms with van der Waals surface area (Å²) < 4.78 is 6.47. The zero-order chi connectivity index (χ0) is 14.3. The van der Waals surface area contributed by atoms with Crippen LogP contribution in [0.15, 0.2) is 22.7 Å². The molecular formula is C16H26BrNO. The second-order valence-corrected chi connectivity index (χ2v) is 6.15. The molecular weight excluding hydrogens is 302 g/mol. The zero-order valence-electron chi connectivity index (χ0n) is 12.5. The molecule has 2 nitrogen and oxygen atoms in total. The van der Waals surface area contributed by atoms with Crippen LogP contribution in [0.2, 0.25) is 0 Å². The average Bonchev–Trinajstić information content (AvgIpc) is 2.40. The van der Waals surface area contributed by atoms with Gasteiger partial charge in [0.15, 0.2) is 0 Å². The number of hydrogen-bond donors (Lipinski definition) is 1. The molecule has 0 aliphatic heterocycles. The highest BCUT2D eigenvalue weighted by molar-refractivity contribution is 9.10. The normalized spacial score (nSPS) is 12.7. The predicted octanol–water partition coefficient (Wildman–Crippen LogP) is 4.41. The second kappa shape index (κ2) is 8.60. The summed E-state index contributed by atoms with van der Waals surface area (Å²) in [6, 6.07) is 6.76. The Labute approximate surface area is 126 Å². The maximum atomic E-state index is 5.29. The molecule has 0 heterocycles. The van der Waals surface area contributed by atoms with Crippen molar-refractivity contribution in [2.45, 2.75) is 46.1 Å². The highest BCUT2D eigenvalue weighted by Gasteiger charge is 2.13. The maximum Gasteiger partial charge on any atom is 0.119 e. The van der Waals surface area contributed by atoms with Crippen LogP contribution in [-0.4, -0.2) is 19.7 Å². The van der Waals surface area contributed by atoms with Gasteiger partial charge >= 0.3 is 0 Å². The van der Waals surface area contributed by atoms with Crippen LogP contribution in [0.5, 0.6) is 5.75 Å². The Kier molecular flexibility index (Phi) is 7.47. The van der Waals surface area contributed by atoms with Crippen molar-refractivity contribution in [1.82, 2.24) is 5.32 Å². The molecule has 0 fully saturated rings. The van der Waals surface area contributed by atoms with E-state index in [9.17, 15) is 0 Å². The standard InChI is InChI=1S/C16H26BrNO/c1-5-10-18-16(12(2)3)9-6-13-11-14(19-4)7-8-15(13)17/h7-8,11-12,16,18H,5-6,9-10H2,1-4H3. The van der Waals surface area contributed by atoms with E-state index in [1.165, 1.54) is 16.5 Å². The van der Waals surface area contributed by atoms with Gasteiger partial charge in [0, 0.05) is 10.5 Å². The Morgan fingerprint density at radius 3 is 2.63 bits per heavy atom. The van der Waals surface area contributed by atoms with Crippen molar-refractivity contribution >= 4 is 15.9 Å². The third kappa shape index (κ3) is 5.53. The molecule has 0 aliphatic rings. The van der Waals surface area contributed by atoms with Crippen molar-refractivity contribution in [3.8, 4) is 5.75 Å². The van der Waals surface area contributed by atoms with Crippen molar-refractivity contribution in [3.05, 3.63) is 28.2 Å². The highest BCUT2D eigenvalue weighted by atomic mass is 79.9. The van der Waals surface area contributed by atoms with Gasteiger partial charge in [0.25, 0.3) is 0 Å². The van der Waals surface area contributed by atoms with Gasteiger partial charge in [0.1, 0.15) is 5.75 Å². The first-order valence-electron chi connectivity index (χ1n) is 7.14. The SMILES string of the molecule is CCCNC(CCc1cc(OC)ccc1Br)C(C)C. The minimum Gasteiger partial charge on any atom is -0.497 e. The maximum absolute atomic E-state index is 5.29. The summed E-state index contributed by atoms with van der Waals surface area (Å²) in [5, 5.41) is 3.64. The summed E-state index contributed by atoms with van der Waals surface area (Å²) in [5.41, 5.74) is 1.32. The molecule has 0 radical (unpaired) electrons. The van der Waals surface area contributed by atoms with Gasteiger partial charge in [-0.15, -0.1) is 0 Å². The Hall–Kier alpha value is -0.540. The van der Waals surface area contributed by atoms with Gasteiger partial charge in [0.2, 0.25) is 0 Å². The number of nitrogens with one attached hydrogen (secondary N) is 1. The van der Waals surface area contributed by atoms with Gasteiger partial charge in [-0.3, -0.25) is 0 Å². The molecule has 108 valence electrons. The largest absolute Gasteiger partial charge is 0.497 e. The summed E-state index contributed by atoms with van der Waals surface area (Å²) >= 11 is 3.62. The second-order valence-electron chi connectivity index (χ2n) is 5.30. The van der Waals surface area contributed by atoms with Crippen LogP contribution in [0.3, 0.4) is 0 Å². The number of hydrogen-bond acceptors (Lipinski definition) is 2.